The molecule has 0 unspecified atom stereocenters. The molecule has 94 valence electrons. The topological polar surface area (TPSA) is 43.8 Å². The van der Waals surface area contributed by atoms with Crippen LogP contribution in [0.25, 0.3) is 0 Å². The van der Waals surface area contributed by atoms with Crippen LogP contribution in [0, 0.1) is 0 Å². The molecule has 0 radical (unpaired) electrons. The van der Waals surface area contributed by atoms with Gasteiger partial charge in [0.25, 0.3) is 0 Å². The molecule has 16 heavy (non-hydrogen) atoms. The SMILES string of the molecule is CC(C)N1CCN(C(=O)CCCCO)CC1. The van der Waals surface area contributed by atoms with Gasteiger partial charge in [0.1, 0.15) is 0 Å². The van der Waals surface area contributed by atoms with E-state index in [-0.39, 0.29) is 12.5 Å². The van der Waals surface area contributed by atoms with Crippen LogP contribution in [-0.4, -0.2) is 59.6 Å². The number of aliphatic hydroxyl groups is 1. The summed E-state index contributed by atoms with van der Waals surface area (Å²) in [4.78, 5) is 16.1. The molecule has 4 nitrogen and oxygen atoms in total. The van der Waals surface area contributed by atoms with Crippen LogP contribution in [0.2, 0.25) is 0 Å². The first-order chi connectivity index (χ1) is 7.65. The molecule has 1 N–H and O–H groups in total. The van der Waals surface area contributed by atoms with Crippen molar-refractivity contribution in [2.24, 2.45) is 0 Å². The third kappa shape index (κ3) is 4.10. The lowest BCUT2D eigenvalue weighted by atomic mass is 10.2. The van der Waals surface area contributed by atoms with E-state index in [0.29, 0.717) is 12.5 Å². The Bertz CT molecular complexity index is 211. The summed E-state index contributed by atoms with van der Waals surface area (Å²) in [6.07, 6.45) is 2.12. The van der Waals surface area contributed by atoms with Crippen molar-refractivity contribution in [3.63, 3.8) is 0 Å². The number of hydrogen-bond donors (Lipinski definition) is 1. The third-order valence-electron chi connectivity index (χ3n) is 3.20. The van der Waals surface area contributed by atoms with Crippen molar-refractivity contribution in [3.8, 4) is 0 Å². The van der Waals surface area contributed by atoms with Crippen molar-refractivity contribution in [2.45, 2.75) is 39.2 Å². The van der Waals surface area contributed by atoms with Gasteiger partial charge in [0.15, 0.2) is 0 Å². The van der Waals surface area contributed by atoms with E-state index in [0.717, 1.165) is 39.0 Å². The van der Waals surface area contributed by atoms with Gasteiger partial charge in [-0.15, -0.1) is 0 Å². The molecule has 0 saturated carbocycles. The Hall–Kier alpha value is -0.610. The third-order valence-corrected chi connectivity index (χ3v) is 3.20. The van der Waals surface area contributed by atoms with Crippen LogP contribution >= 0.6 is 0 Å². The van der Waals surface area contributed by atoms with Gasteiger partial charge in [-0.3, -0.25) is 9.69 Å². The van der Waals surface area contributed by atoms with E-state index in [9.17, 15) is 4.79 Å². The summed E-state index contributed by atoms with van der Waals surface area (Å²) in [6, 6.07) is 0.576. The van der Waals surface area contributed by atoms with Crippen molar-refractivity contribution in [3.05, 3.63) is 0 Å². The number of carbonyl (C=O) groups is 1. The summed E-state index contributed by atoms with van der Waals surface area (Å²) >= 11 is 0. The monoisotopic (exact) mass is 228 g/mol. The Labute approximate surface area is 98.2 Å². The summed E-state index contributed by atoms with van der Waals surface area (Å²) in [5.41, 5.74) is 0. The molecule has 0 aromatic rings. The van der Waals surface area contributed by atoms with E-state index in [4.69, 9.17) is 5.11 Å². The highest BCUT2D eigenvalue weighted by Gasteiger charge is 2.21. The van der Waals surface area contributed by atoms with Crippen molar-refractivity contribution >= 4 is 5.91 Å². The molecule has 0 aliphatic carbocycles. The first-order valence-corrected chi connectivity index (χ1v) is 6.28. The highest BCUT2D eigenvalue weighted by molar-refractivity contribution is 5.76. The molecule has 1 saturated heterocycles. The standard InChI is InChI=1S/C12H24N2O2/c1-11(2)13-6-8-14(9-7-13)12(16)5-3-4-10-15/h11,15H,3-10H2,1-2H3. The highest BCUT2D eigenvalue weighted by Crippen LogP contribution is 2.08. The lowest BCUT2D eigenvalue weighted by Gasteiger charge is -2.37. The maximum atomic E-state index is 11.8. The Kier molecular flexibility index (Phi) is 5.77. The first-order valence-electron chi connectivity index (χ1n) is 6.28. The normalized spacial score (nSPS) is 18.1. The Morgan fingerprint density at radius 3 is 2.31 bits per heavy atom. The largest absolute Gasteiger partial charge is 0.396 e. The molecule has 0 aromatic heterocycles. The Morgan fingerprint density at radius 1 is 1.19 bits per heavy atom. The Balaban J connectivity index is 2.22. The molecule has 0 atom stereocenters. The summed E-state index contributed by atoms with van der Waals surface area (Å²) in [6.45, 7) is 8.27. The molecule has 1 amide bonds. The second-order valence-electron chi connectivity index (χ2n) is 4.69. The van der Waals surface area contributed by atoms with Crippen LogP contribution in [0.3, 0.4) is 0 Å². The van der Waals surface area contributed by atoms with Crippen molar-refractivity contribution < 1.29 is 9.90 Å². The van der Waals surface area contributed by atoms with Gasteiger partial charge in [0.2, 0.25) is 5.91 Å². The number of amides is 1. The van der Waals surface area contributed by atoms with Gasteiger partial charge >= 0.3 is 0 Å². The molecule has 0 spiro atoms. The maximum absolute atomic E-state index is 11.8. The zero-order valence-corrected chi connectivity index (χ0v) is 10.5. The molecule has 0 aromatic carbocycles. The predicted octanol–water partition coefficient (Wildman–Crippen LogP) is 0.702. The second kappa shape index (κ2) is 6.86. The van der Waals surface area contributed by atoms with Crippen LogP contribution in [0.15, 0.2) is 0 Å². The molecular weight excluding hydrogens is 204 g/mol. The van der Waals surface area contributed by atoms with Gasteiger partial charge in [-0.25, -0.2) is 0 Å². The predicted molar refractivity (Wildman–Crippen MR) is 64.2 cm³/mol. The maximum Gasteiger partial charge on any atom is 0.222 e. The van der Waals surface area contributed by atoms with Gasteiger partial charge in [-0.2, -0.15) is 0 Å². The number of carbonyl (C=O) groups excluding carboxylic acids is 1. The van der Waals surface area contributed by atoms with Crippen LogP contribution in [0.5, 0.6) is 0 Å². The van der Waals surface area contributed by atoms with Crippen molar-refractivity contribution in [2.75, 3.05) is 32.8 Å². The van der Waals surface area contributed by atoms with Crippen LogP contribution in [0.1, 0.15) is 33.1 Å². The molecule has 1 rings (SSSR count). The Morgan fingerprint density at radius 2 is 1.81 bits per heavy atom. The zero-order chi connectivity index (χ0) is 12.0. The average molecular weight is 228 g/mol. The molecule has 1 heterocycles. The lowest BCUT2D eigenvalue weighted by Crippen LogP contribution is -2.50. The van der Waals surface area contributed by atoms with Crippen molar-refractivity contribution in [1.29, 1.82) is 0 Å². The first kappa shape index (κ1) is 13.5. The van der Waals surface area contributed by atoms with Crippen LogP contribution in [-0.2, 0) is 4.79 Å². The van der Waals surface area contributed by atoms with Gasteiger partial charge in [-0.05, 0) is 26.7 Å². The van der Waals surface area contributed by atoms with Crippen LogP contribution in [0.4, 0.5) is 0 Å². The number of rotatable bonds is 5. The summed E-state index contributed by atoms with van der Waals surface area (Å²) in [5, 5.41) is 8.65. The molecular formula is C12H24N2O2. The van der Waals surface area contributed by atoms with E-state index < -0.39 is 0 Å². The summed E-state index contributed by atoms with van der Waals surface area (Å²) in [7, 11) is 0. The molecule has 1 aliphatic rings. The van der Waals surface area contributed by atoms with E-state index in [1.807, 2.05) is 4.90 Å². The second-order valence-corrected chi connectivity index (χ2v) is 4.69. The van der Waals surface area contributed by atoms with Gasteiger partial charge in [0, 0.05) is 45.2 Å². The smallest absolute Gasteiger partial charge is 0.222 e. The summed E-state index contributed by atoms with van der Waals surface area (Å²) in [5.74, 6) is 0.247. The minimum absolute atomic E-state index is 0.189. The number of piperazine rings is 1. The number of hydrogen-bond acceptors (Lipinski definition) is 3. The number of unbranched alkanes of at least 4 members (excludes halogenated alkanes) is 1. The minimum Gasteiger partial charge on any atom is -0.396 e. The summed E-state index contributed by atoms with van der Waals surface area (Å²) < 4.78 is 0. The fourth-order valence-corrected chi connectivity index (χ4v) is 2.03. The van der Waals surface area contributed by atoms with E-state index >= 15 is 0 Å². The molecule has 1 fully saturated rings. The average Bonchev–Trinajstić information content (AvgIpc) is 2.29. The minimum atomic E-state index is 0.189. The van der Waals surface area contributed by atoms with E-state index in [1.54, 1.807) is 0 Å². The van der Waals surface area contributed by atoms with Gasteiger partial charge in [-0.1, -0.05) is 0 Å². The molecule has 0 bridgehead atoms. The fourth-order valence-electron chi connectivity index (χ4n) is 2.03. The van der Waals surface area contributed by atoms with Crippen molar-refractivity contribution in [1.82, 2.24) is 9.80 Å². The number of nitrogens with zero attached hydrogens (tertiary/aromatic N) is 2. The lowest BCUT2D eigenvalue weighted by molar-refractivity contribution is -0.133. The fraction of sp³-hybridized carbons (Fsp3) is 0.917. The number of aliphatic hydroxyl groups excluding tert-OH is 1. The van der Waals surface area contributed by atoms with E-state index in [2.05, 4.69) is 18.7 Å². The highest BCUT2D eigenvalue weighted by atomic mass is 16.3. The van der Waals surface area contributed by atoms with E-state index in [1.165, 1.54) is 0 Å². The van der Waals surface area contributed by atoms with Crippen LogP contribution < -0.4 is 0 Å². The van der Waals surface area contributed by atoms with Gasteiger partial charge < -0.3 is 10.0 Å². The zero-order valence-electron chi connectivity index (χ0n) is 10.5. The molecule has 4 heteroatoms. The molecule has 1 aliphatic heterocycles. The van der Waals surface area contributed by atoms with Gasteiger partial charge in [0.05, 0.1) is 0 Å². The quantitative estimate of drug-likeness (QED) is 0.705.